The van der Waals surface area contributed by atoms with Crippen LogP contribution in [-0.4, -0.2) is 48.5 Å². The summed E-state index contributed by atoms with van der Waals surface area (Å²) in [4.78, 5) is 11.7. The predicted octanol–water partition coefficient (Wildman–Crippen LogP) is 0.757. The number of benzene rings is 1. The maximum atomic E-state index is 11.7. The van der Waals surface area contributed by atoms with Crippen molar-refractivity contribution in [1.82, 2.24) is 5.32 Å². The molecule has 2 N–H and O–H groups in total. The summed E-state index contributed by atoms with van der Waals surface area (Å²) in [6.45, 7) is 0. The van der Waals surface area contributed by atoms with Gasteiger partial charge >= 0.3 is 0 Å². The van der Waals surface area contributed by atoms with Gasteiger partial charge in [0.05, 0.1) is 23.4 Å². The summed E-state index contributed by atoms with van der Waals surface area (Å²) in [5.74, 6) is 0.664. The molecule has 2 atom stereocenters. The van der Waals surface area contributed by atoms with Crippen molar-refractivity contribution in [2.45, 2.75) is 18.6 Å². The number of hydrogen-bond donors (Lipinski definition) is 2. The minimum Gasteiger partial charge on any atom is -0.388 e. The molecule has 0 saturated carbocycles. The van der Waals surface area contributed by atoms with Crippen molar-refractivity contribution in [3.05, 3.63) is 35.9 Å². The normalized spacial score (nSPS) is 21.9. The SMILES string of the molecule is O=C(CSC[C@@H](O)c1ccccc1)N[C@H]1CCS(=O)(=O)C1. The predicted molar refractivity (Wildman–Crippen MR) is 83.9 cm³/mol. The minimum atomic E-state index is -2.97. The van der Waals surface area contributed by atoms with Crippen LogP contribution in [0.3, 0.4) is 0 Å². The molecular formula is C14H19NO4S2. The number of aliphatic hydroxyl groups excluding tert-OH is 1. The van der Waals surface area contributed by atoms with Crippen molar-refractivity contribution in [2.24, 2.45) is 0 Å². The highest BCUT2D eigenvalue weighted by Gasteiger charge is 2.28. The zero-order chi connectivity index (χ0) is 15.3. The van der Waals surface area contributed by atoms with Crippen molar-refractivity contribution >= 4 is 27.5 Å². The Kier molecular flexibility index (Phi) is 5.66. The van der Waals surface area contributed by atoms with E-state index in [-0.39, 0.29) is 29.2 Å². The third-order valence-corrected chi connectivity index (χ3v) is 6.08. The topological polar surface area (TPSA) is 83.5 Å². The van der Waals surface area contributed by atoms with Crippen molar-refractivity contribution in [3.8, 4) is 0 Å². The van der Waals surface area contributed by atoms with E-state index < -0.39 is 15.9 Å². The summed E-state index contributed by atoms with van der Waals surface area (Å²) in [5, 5.41) is 12.7. The monoisotopic (exact) mass is 329 g/mol. The van der Waals surface area contributed by atoms with Crippen LogP contribution in [0.5, 0.6) is 0 Å². The molecule has 0 unspecified atom stereocenters. The van der Waals surface area contributed by atoms with Gasteiger partial charge in [-0.3, -0.25) is 4.79 Å². The largest absolute Gasteiger partial charge is 0.388 e. The van der Waals surface area contributed by atoms with Crippen LogP contribution in [0.4, 0.5) is 0 Å². The van der Waals surface area contributed by atoms with Crippen LogP contribution in [0.15, 0.2) is 30.3 Å². The second kappa shape index (κ2) is 7.29. The number of amides is 1. The second-order valence-corrected chi connectivity index (χ2v) is 8.37. The van der Waals surface area contributed by atoms with Crippen molar-refractivity contribution in [3.63, 3.8) is 0 Å². The highest BCUT2D eigenvalue weighted by molar-refractivity contribution is 7.99. The number of rotatable bonds is 6. The first-order valence-electron chi connectivity index (χ1n) is 6.77. The van der Waals surface area contributed by atoms with Crippen LogP contribution >= 0.6 is 11.8 Å². The van der Waals surface area contributed by atoms with Crippen LogP contribution in [-0.2, 0) is 14.6 Å². The van der Waals surface area contributed by atoms with E-state index >= 15 is 0 Å². The zero-order valence-corrected chi connectivity index (χ0v) is 13.2. The molecule has 0 aliphatic carbocycles. The maximum Gasteiger partial charge on any atom is 0.230 e. The molecule has 2 rings (SSSR count). The van der Waals surface area contributed by atoms with Gasteiger partial charge in [0.15, 0.2) is 9.84 Å². The van der Waals surface area contributed by atoms with Gasteiger partial charge in [0.25, 0.3) is 0 Å². The van der Waals surface area contributed by atoms with Gasteiger partial charge in [-0.1, -0.05) is 30.3 Å². The third kappa shape index (κ3) is 5.33. The molecule has 1 heterocycles. The molecule has 1 aliphatic rings. The van der Waals surface area contributed by atoms with Gasteiger partial charge in [0, 0.05) is 11.8 Å². The molecule has 0 aromatic heterocycles. The fourth-order valence-corrected chi connectivity index (χ4v) is 4.69. The molecule has 5 nitrogen and oxygen atoms in total. The Balaban J connectivity index is 1.68. The van der Waals surface area contributed by atoms with E-state index in [1.807, 2.05) is 30.3 Å². The third-order valence-electron chi connectivity index (χ3n) is 3.29. The van der Waals surface area contributed by atoms with Crippen molar-refractivity contribution in [1.29, 1.82) is 0 Å². The quantitative estimate of drug-likeness (QED) is 0.805. The summed E-state index contributed by atoms with van der Waals surface area (Å²) < 4.78 is 22.6. The fraction of sp³-hybridized carbons (Fsp3) is 0.500. The zero-order valence-electron chi connectivity index (χ0n) is 11.6. The van der Waals surface area contributed by atoms with E-state index in [9.17, 15) is 18.3 Å². The highest BCUT2D eigenvalue weighted by Crippen LogP contribution is 2.18. The van der Waals surface area contributed by atoms with Crippen LogP contribution < -0.4 is 5.32 Å². The first kappa shape index (κ1) is 16.3. The first-order chi connectivity index (χ1) is 9.96. The molecule has 0 bridgehead atoms. The average molecular weight is 329 g/mol. The van der Waals surface area contributed by atoms with E-state index in [1.54, 1.807) is 0 Å². The molecule has 1 fully saturated rings. The van der Waals surface area contributed by atoms with Crippen molar-refractivity contribution in [2.75, 3.05) is 23.0 Å². The lowest BCUT2D eigenvalue weighted by Gasteiger charge is -2.12. The Morgan fingerprint density at radius 3 is 2.71 bits per heavy atom. The van der Waals surface area contributed by atoms with Crippen LogP contribution in [0.1, 0.15) is 18.1 Å². The lowest BCUT2D eigenvalue weighted by atomic mass is 10.1. The van der Waals surface area contributed by atoms with Gasteiger partial charge in [-0.15, -0.1) is 11.8 Å². The van der Waals surface area contributed by atoms with E-state index in [2.05, 4.69) is 5.32 Å². The smallest absolute Gasteiger partial charge is 0.230 e. The van der Waals surface area contributed by atoms with Gasteiger partial charge in [0.1, 0.15) is 0 Å². The van der Waals surface area contributed by atoms with Crippen LogP contribution in [0.25, 0.3) is 0 Å². The summed E-state index contributed by atoms with van der Waals surface area (Å²) in [6, 6.07) is 9.02. The molecule has 1 saturated heterocycles. The highest BCUT2D eigenvalue weighted by atomic mass is 32.2. The van der Waals surface area contributed by atoms with Crippen LogP contribution in [0.2, 0.25) is 0 Å². The molecule has 7 heteroatoms. The number of hydrogen-bond acceptors (Lipinski definition) is 5. The molecule has 21 heavy (non-hydrogen) atoms. The molecule has 1 aliphatic heterocycles. The Hall–Kier alpha value is -1.05. The molecule has 1 aromatic rings. The number of sulfone groups is 1. The van der Waals surface area contributed by atoms with E-state index in [0.29, 0.717) is 12.2 Å². The maximum absolute atomic E-state index is 11.7. The summed E-state index contributed by atoms with van der Waals surface area (Å²) in [5.41, 5.74) is 0.826. The minimum absolute atomic E-state index is 0.0377. The molecule has 0 spiro atoms. The molecule has 0 radical (unpaired) electrons. The number of carbonyl (C=O) groups excluding carboxylic acids is 1. The number of thioether (sulfide) groups is 1. The molecule has 116 valence electrons. The van der Waals surface area contributed by atoms with Gasteiger partial charge in [-0.05, 0) is 12.0 Å². The van der Waals surface area contributed by atoms with Gasteiger partial charge in [-0.25, -0.2) is 8.42 Å². The Labute approximate surface area is 129 Å². The standard InChI is InChI=1S/C14H19NO4S2/c16-13(11-4-2-1-3-5-11)8-20-9-14(17)15-12-6-7-21(18,19)10-12/h1-5,12-13,16H,6-10H2,(H,15,17)/t12-,13+/m0/s1. The fourth-order valence-electron chi connectivity index (χ4n) is 2.21. The Morgan fingerprint density at radius 2 is 2.10 bits per heavy atom. The Bertz CT molecular complexity index is 574. The Morgan fingerprint density at radius 1 is 1.38 bits per heavy atom. The average Bonchev–Trinajstić information content (AvgIpc) is 2.78. The summed E-state index contributed by atoms with van der Waals surface area (Å²) >= 11 is 1.34. The van der Waals surface area contributed by atoms with Gasteiger partial charge in [0.2, 0.25) is 5.91 Å². The first-order valence-corrected chi connectivity index (χ1v) is 9.74. The molecule has 1 aromatic carbocycles. The van der Waals surface area contributed by atoms with Gasteiger partial charge in [-0.2, -0.15) is 0 Å². The lowest BCUT2D eigenvalue weighted by Crippen LogP contribution is -2.36. The summed E-state index contributed by atoms with van der Waals surface area (Å²) in [7, 11) is -2.97. The molecule has 1 amide bonds. The van der Waals surface area contributed by atoms with Gasteiger partial charge < -0.3 is 10.4 Å². The van der Waals surface area contributed by atoms with E-state index in [4.69, 9.17) is 0 Å². The van der Waals surface area contributed by atoms with Crippen LogP contribution in [0, 0.1) is 0 Å². The second-order valence-electron chi connectivity index (χ2n) is 5.11. The van der Waals surface area contributed by atoms with E-state index in [0.717, 1.165) is 5.56 Å². The number of nitrogens with one attached hydrogen (secondary N) is 1. The molecular weight excluding hydrogens is 310 g/mol. The summed E-state index contributed by atoms with van der Waals surface area (Å²) in [6.07, 6.45) is -0.110. The number of carbonyl (C=O) groups is 1. The van der Waals surface area contributed by atoms with Crippen molar-refractivity contribution < 1.29 is 18.3 Å². The van der Waals surface area contributed by atoms with E-state index in [1.165, 1.54) is 11.8 Å². The number of aliphatic hydroxyl groups is 1. The lowest BCUT2D eigenvalue weighted by molar-refractivity contribution is -0.119.